The number of rotatable bonds is 5. The first-order valence-electron chi connectivity index (χ1n) is 10.2. The standard InChI is InChI=1S/C24H29NO5/c1-24(2,3)30-23(28)25-11-7-10-18(15-25)19-12-20(22(26)27)14-21(13-19)29-16-17-8-5-4-6-9-17/h4-6,8-9,12-14,18H,7,10-11,15-16H2,1-3H3,(H,26,27). The molecule has 160 valence electrons. The lowest BCUT2D eigenvalue weighted by molar-refractivity contribution is 0.0198. The van der Waals surface area contributed by atoms with Crippen molar-refractivity contribution in [3.05, 3.63) is 65.2 Å². The number of carbonyl (C=O) groups is 2. The molecule has 30 heavy (non-hydrogen) atoms. The molecular weight excluding hydrogens is 382 g/mol. The van der Waals surface area contributed by atoms with Crippen molar-refractivity contribution in [3.63, 3.8) is 0 Å². The zero-order valence-electron chi connectivity index (χ0n) is 17.8. The van der Waals surface area contributed by atoms with Crippen LogP contribution in [-0.2, 0) is 11.3 Å². The molecule has 1 aliphatic rings. The smallest absolute Gasteiger partial charge is 0.410 e. The molecule has 2 aromatic rings. The quantitative estimate of drug-likeness (QED) is 0.743. The third kappa shape index (κ3) is 5.99. The van der Waals surface area contributed by atoms with Crippen molar-refractivity contribution in [3.8, 4) is 5.75 Å². The Morgan fingerprint density at radius 2 is 1.87 bits per heavy atom. The number of carboxylic acid groups (broad SMARTS) is 1. The van der Waals surface area contributed by atoms with Crippen LogP contribution in [0.4, 0.5) is 4.79 Å². The molecule has 3 rings (SSSR count). The molecule has 1 saturated heterocycles. The molecule has 1 heterocycles. The van der Waals surface area contributed by atoms with E-state index in [2.05, 4.69) is 0 Å². The number of nitrogens with zero attached hydrogens (tertiary/aromatic N) is 1. The van der Waals surface area contributed by atoms with Gasteiger partial charge in [0, 0.05) is 19.0 Å². The summed E-state index contributed by atoms with van der Waals surface area (Å²) in [6.07, 6.45) is 1.38. The van der Waals surface area contributed by atoms with Gasteiger partial charge >= 0.3 is 12.1 Å². The van der Waals surface area contributed by atoms with Crippen LogP contribution in [-0.4, -0.2) is 40.8 Å². The molecule has 1 atom stereocenters. The molecule has 0 aromatic heterocycles. The van der Waals surface area contributed by atoms with E-state index in [0.29, 0.717) is 25.4 Å². The molecular formula is C24H29NO5. The van der Waals surface area contributed by atoms with Gasteiger partial charge in [-0.05, 0) is 62.9 Å². The van der Waals surface area contributed by atoms with Crippen LogP contribution in [0.1, 0.15) is 61.0 Å². The average Bonchev–Trinajstić information content (AvgIpc) is 2.71. The summed E-state index contributed by atoms with van der Waals surface area (Å²) in [4.78, 5) is 25.8. The first-order valence-corrected chi connectivity index (χ1v) is 10.2. The largest absolute Gasteiger partial charge is 0.489 e. The average molecular weight is 411 g/mol. The lowest BCUT2D eigenvalue weighted by Crippen LogP contribution is -2.42. The second-order valence-electron chi connectivity index (χ2n) is 8.64. The Morgan fingerprint density at radius 1 is 1.13 bits per heavy atom. The Kier molecular flexibility index (Phi) is 6.65. The maximum Gasteiger partial charge on any atom is 0.410 e. The number of benzene rings is 2. The summed E-state index contributed by atoms with van der Waals surface area (Å²) in [5, 5.41) is 9.55. The zero-order valence-corrected chi connectivity index (χ0v) is 17.8. The SMILES string of the molecule is CC(C)(C)OC(=O)N1CCCC(c2cc(OCc3ccccc3)cc(C(=O)O)c2)C1. The molecule has 1 fully saturated rings. The predicted molar refractivity (Wildman–Crippen MR) is 114 cm³/mol. The topological polar surface area (TPSA) is 76.1 Å². The summed E-state index contributed by atoms with van der Waals surface area (Å²) in [5.74, 6) is -0.450. The fraction of sp³-hybridized carbons (Fsp3) is 0.417. The summed E-state index contributed by atoms with van der Waals surface area (Å²) >= 11 is 0. The fourth-order valence-electron chi connectivity index (χ4n) is 3.55. The van der Waals surface area contributed by atoms with Crippen LogP contribution in [0.15, 0.2) is 48.5 Å². The summed E-state index contributed by atoms with van der Waals surface area (Å²) in [7, 11) is 0. The van der Waals surface area contributed by atoms with E-state index in [1.54, 1.807) is 17.0 Å². The molecule has 1 N–H and O–H groups in total. The summed E-state index contributed by atoms with van der Waals surface area (Å²) in [6.45, 7) is 7.03. The van der Waals surface area contributed by atoms with E-state index < -0.39 is 11.6 Å². The number of carboxylic acids is 1. The molecule has 0 spiro atoms. The van der Waals surface area contributed by atoms with Gasteiger partial charge in [-0.3, -0.25) is 0 Å². The van der Waals surface area contributed by atoms with Crippen molar-refractivity contribution in [1.82, 2.24) is 4.90 Å². The molecule has 0 saturated carbocycles. The minimum absolute atomic E-state index is 0.0321. The van der Waals surface area contributed by atoms with Gasteiger partial charge in [-0.2, -0.15) is 0 Å². The van der Waals surface area contributed by atoms with E-state index in [9.17, 15) is 14.7 Å². The number of carbonyl (C=O) groups excluding carboxylic acids is 1. The number of hydrogen-bond donors (Lipinski definition) is 1. The van der Waals surface area contributed by atoms with Crippen molar-refractivity contribution in [2.75, 3.05) is 13.1 Å². The maximum absolute atomic E-state index is 12.5. The van der Waals surface area contributed by atoms with Crippen LogP contribution in [0.25, 0.3) is 0 Å². The van der Waals surface area contributed by atoms with Gasteiger partial charge in [0.25, 0.3) is 0 Å². The molecule has 2 aromatic carbocycles. The first kappa shape index (κ1) is 21.7. The van der Waals surface area contributed by atoms with Gasteiger partial charge in [-0.25, -0.2) is 9.59 Å². The third-order valence-corrected chi connectivity index (χ3v) is 4.97. The van der Waals surface area contributed by atoms with Gasteiger partial charge in [0.1, 0.15) is 18.0 Å². The number of likely N-dealkylation sites (tertiary alicyclic amines) is 1. The highest BCUT2D eigenvalue weighted by atomic mass is 16.6. The van der Waals surface area contributed by atoms with Crippen LogP contribution in [0.3, 0.4) is 0 Å². The monoisotopic (exact) mass is 411 g/mol. The number of hydrogen-bond acceptors (Lipinski definition) is 4. The van der Waals surface area contributed by atoms with E-state index in [1.165, 1.54) is 0 Å². The molecule has 0 radical (unpaired) electrons. The molecule has 1 aliphatic heterocycles. The van der Waals surface area contributed by atoms with Crippen molar-refractivity contribution in [1.29, 1.82) is 0 Å². The van der Waals surface area contributed by atoms with E-state index in [4.69, 9.17) is 9.47 Å². The van der Waals surface area contributed by atoms with Crippen LogP contribution in [0.2, 0.25) is 0 Å². The third-order valence-electron chi connectivity index (χ3n) is 4.97. The van der Waals surface area contributed by atoms with E-state index in [-0.39, 0.29) is 17.6 Å². The van der Waals surface area contributed by atoms with Gasteiger partial charge in [-0.1, -0.05) is 30.3 Å². The highest BCUT2D eigenvalue weighted by Gasteiger charge is 2.29. The molecule has 1 unspecified atom stereocenters. The highest BCUT2D eigenvalue weighted by molar-refractivity contribution is 5.88. The van der Waals surface area contributed by atoms with E-state index in [0.717, 1.165) is 24.0 Å². The summed E-state index contributed by atoms with van der Waals surface area (Å²) < 4.78 is 11.4. The Hall–Kier alpha value is -3.02. The predicted octanol–water partition coefficient (Wildman–Crippen LogP) is 5.08. The normalized spacial score (nSPS) is 16.8. The van der Waals surface area contributed by atoms with E-state index >= 15 is 0 Å². The molecule has 6 nitrogen and oxygen atoms in total. The van der Waals surface area contributed by atoms with Crippen molar-refractivity contribution in [2.24, 2.45) is 0 Å². The Balaban J connectivity index is 1.77. The Morgan fingerprint density at radius 3 is 2.53 bits per heavy atom. The number of piperidine rings is 1. The van der Waals surface area contributed by atoms with Gasteiger partial charge in [0.15, 0.2) is 0 Å². The van der Waals surface area contributed by atoms with Gasteiger partial charge in [0.2, 0.25) is 0 Å². The van der Waals surface area contributed by atoms with Crippen LogP contribution in [0.5, 0.6) is 5.75 Å². The molecule has 1 amide bonds. The lowest BCUT2D eigenvalue weighted by Gasteiger charge is -2.34. The summed E-state index contributed by atoms with van der Waals surface area (Å²) in [6, 6.07) is 14.8. The number of amides is 1. The molecule has 6 heteroatoms. The van der Waals surface area contributed by atoms with E-state index in [1.807, 2.05) is 57.2 Å². The van der Waals surface area contributed by atoms with Crippen molar-refractivity contribution >= 4 is 12.1 Å². The Labute approximate surface area is 177 Å². The minimum atomic E-state index is -0.999. The number of aromatic carboxylic acids is 1. The van der Waals surface area contributed by atoms with Crippen LogP contribution < -0.4 is 4.74 Å². The minimum Gasteiger partial charge on any atom is -0.489 e. The Bertz CT molecular complexity index is 888. The first-order chi connectivity index (χ1) is 14.2. The highest BCUT2D eigenvalue weighted by Crippen LogP contribution is 2.31. The number of ether oxygens (including phenoxy) is 2. The van der Waals surface area contributed by atoms with Gasteiger partial charge in [-0.15, -0.1) is 0 Å². The van der Waals surface area contributed by atoms with Gasteiger partial charge < -0.3 is 19.5 Å². The van der Waals surface area contributed by atoms with Crippen molar-refractivity contribution < 1.29 is 24.2 Å². The molecule has 0 aliphatic carbocycles. The fourth-order valence-corrected chi connectivity index (χ4v) is 3.55. The summed E-state index contributed by atoms with van der Waals surface area (Å²) in [5.41, 5.74) is 1.51. The van der Waals surface area contributed by atoms with Crippen molar-refractivity contribution in [2.45, 2.75) is 51.7 Å². The van der Waals surface area contributed by atoms with Crippen LogP contribution >= 0.6 is 0 Å². The van der Waals surface area contributed by atoms with Crippen LogP contribution in [0, 0.1) is 0 Å². The molecule has 0 bridgehead atoms. The lowest BCUT2D eigenvalue weighted by atomic mass is 9.89. The maximum atomic E-state index is 12.5. The zero-order chi connectivity index (χ0) is 21.7. The second kappa shape index (κ2) is 9.20. The second-order valence-corrected chi connectivity index (χ2v) is 8.64. The van der Waals surface area contributed by atoms with Gasteiger partial charge in [0.05, 0.1) is 5.56 Å².